The number of fused-ring (bicyclic) bond motifs is 2. The number of amides is 1. The SMILES string of the molecule is CCOc1cccc2sc(N(CCCN(C)C)C(=O)c3ccc4c(c3)OCO4)nc12. The second-order valence-corrected chi connectivity index (χ2v) is 8.22. The van der Waals surface area contributed by atoms with Crippen LogP contribution in [0.4, 0.5) is 5.13 Å². The predicted molar refractivity (Wildman–Crippen MR) is 118 cm³/mol. The molecule has 0 saturated carbocycles. The Kier molecular flexibility index (Phi) is 6.06. The number of nitrogens with zero attached hydrogens (tertiary/aromatic N) is 3. The van der Waals surface area contributed by atoms with Crippen molar-refractivity contribution in [2.75, 3.05) is 45.5 Å². The average Bonchev–Trinajstić information content (AvgIpc) is 3.37. The molecule has 3 aromatic rings. The maximum atomic E-state index is 13.5. The van der Waals surface area contributed by atoms with E-state index in [-0.39, 0.29) is 12.7 Å². The minimum absolute atomic E-state index is 0.107. The third kappa shape index (κ3) is 4.20. The van der Waals surface area contributed by atoms with E-state index in [1.54, 1.807) is 23.1 Å². The number of hydrogen-bond acceptors (Lipinski definition) is 7. The quantitative estimate of drug-likeness (QED) is 0.541. The Morgan fingerprint density at radius 2 is 2.00 bits per heavy atom. The maximum absolute atomic E-state index is 13.5. The Balaban J connectivity index is 1.68. The van der Waals surface area contributed by atoms with Crippen molar-refractivity contribution in [1.29, 1.82) is 0 Å². The molecule has 1 aliphatic heterocycles. The lowest BCUT2D eigenvalue weighted by molar-refractivity contribution is 0.0985. The Bertz CT molecular complexity index is 1050. The van der Waals surface area contributed by atoms with E-state index >= 15 is 0 Å². The highest BCUT2D eigenvalue weighted by molar-refractivity contribution is 7.22. The molecule has 0 bridgehead atoms. The molecule has 0 saturated heterocycles. The molecule has 1 aliphatic rings. The highest BCUT2D eigenvalue weighted by Gasteiger charge is 2.24. The van der Waals surface area contributed by atoms with E-state index < -0.39 is 0 Å². The molecule has 158 valence electrons. The van der Waals surface area contributed by atoms with Gasteiger partial charge in [-0.1, -0.05) is 17.4 Å². The molecule has 2 heterocycles. The molecule has 8 heteroatoms. The van der Waals surface area contributed by atoms with Crippen LogP contribution < -0.4 is 19.1 Å². The summed E-state index contributed by atoms with van der Waals surface area (Å²) < 4.78 is 17.5. The fourth-order valence-corrected chi connectivity index (χ4v) is 4.32. The van der Waals surface area contributed by atoms with Gasteiger partial charge in [-0.3, -0.25) is 9.69 Å². The van der Waals surface area contributed by atoms with Gasteiger partial charge >= 0.3 is 0 Å². The van der Waals surface area contributed by atoms with Crippen LogP contribution in [0.25, 0.3) is 10.2 Å². The average molecular weight is 428 g/mol. The van der Waals surface area contributed by atoms with Crippen LogP contribution in [-0.2, 0) is 0 Å². The topological polar surface area (TPSA) is 64.1 Å². The van der Waals surface area contributed by atoms with Crippen LogP contribution in [0, 0.1) is 0 Å². The van der Waals surface area contributed by atoms with E-state index in [0.717, 1.165) is 28.9 Å². The summed E-state index contributed by atoms with van der Waals surface area (Å²) >= 11 is 1.50. The van der Waals surface area contributed by atoms with E-state index in [2.05, 4.69) is 4.90 Å². The van der Waals surface area contributed by atoms with Crippen LogP contribution in [-0.4, -0.2) is 56.4 Å². The van der Waals surface area contributed by atoms with E-state index in [1.165, 1.54) is 11.3 Å². The monoisotopic (exact) mass is 427 g/mol. The lowest BCUT2D eigenvalue weighted by Gasteiger charge is -2.21. The first-order valence-electron chi connectivity index (χ1n) is 9.95. The highest BCUT2D eigenvalue weighted by Crippen LogP contribution is 2.36. The Morgan fingerprint density at radius 1 is 1.17 bits per heavy atom. The summed E-state index contributed by atoms with van der Waals surface area (Å²) in [6, 6.07) is 11.1. The summed E-state index contributed by atoms with van der Waals surface area (Å²) in [6.07, 6.45) is 0.831. The number of para-hydroxylation sites is 1. The lowest BCUT2D eigenvalue weighted by Crippen LogP contribution is -2.33. The molecule has 4 rings (SSSR count). The van der Waals surface area contributed by atoms with E-state index in [1.807, 2.05) is 39.2 Å². The van der Waals surface area contributed by atoms with Crippen LogP contribution >= 0.6 is 11.3 Å². The van der Waals surface area contributed by atoms with Gasteiger partial charge in [0.1, 0.15) is 11.3 Å². The molecule has 0 fully saturated rings. The minimum Gasteiger partial charge on any atom is -0.492 e. The molecule has 0 unspecified atom stereocenters. The second-order valence-electron chi connectivity index (χ2n) is 7.21. The standard InChI is InChI=1S/C22H25N3O4S/c1-4-27-17-7-5-8-19-20(17)23-22(30-19)25(12-6-11-24(2)3)21(26)15-9-10-16-18(13-15)29-14-28-16/h5,7-10,13H,4,6,11-12,14H2,1-3H3. The van der Waals surface area contributed by atoms with Gasteiger partial charge in [0, 0.05) is 12.1 Å². The largest absolute Gasteiger partial charge is 0.492 e. The van der Waals surface area contributed by atoms with Gasteiger partial charge in [0.25, 0.3) is 5.91 Å². The zero-order chi connectivity index (χ0) is 21.1. The number of ether oxygens (including phenoxy) is 3. The summed E-state index contributed by atoms with van der Waals surface area (Å²) in [5.41, 5.74) is 1.34. The van der Waals surface area contributed by atoms with Crippen LogP contribution in [0.1, 0.15) is 23.7 Å². The molecule has 0 spiro atoms. The minimum atomic E-state index is -0.107. The van der Waals surface area contributed by atoms with Gasteiger partial charge in [0.05, 0.1) is 11.3 Å². The first-order valence-corrected chi connectivity index (χ1v) is 10.8. The van der Waals surface area contributed by atoms with Gasteiger partial charge in [-0.15, -0.1) is 0 Å². The van der Waals surface area contributed by atoms with E-state index in [9.17, 15) is 4.79 Å². The second kappa shape index (κ2) is 8.89. The van der Waals surface area contributed by atoms with Crippen molar-refractivity contribution in [1.82, 2.24) is 9.88 Å². The summed E-state index contributed by atoms with van der Waals surface area (Å²) in [7, 11) is 4.05. The Labute approximate surface area is 179 Å². The number of aromatic nitrogens is 1. The number of thiazole rings is 1. The van der Waals surface area contributed by atoms with Crippen LogP contribution in [0.15, 0.2) is 36.4 Å². The molecule has 30 heavy (non-hydrogen) atoms. The summed E-state index contributed by atoms with van der Waals surface area (Å²) in [5.74, 6) is 1.88. The Hall–Kier alpha value is -2.84. The molecular weight excluding hydrogens is 402 g/mol. The van der Waals surface area contributed by atoms with Crippen molar-refractivity contribution in [3.05, 3.63) is 42.0 Å². The zero-order valence-corrected chi connectivity index (χ0v) is 18.2. The van der Waals surface area contributed by atoms with Gasteiger partial charge < -0.3 is 19.1 Å². The van der Waals surface area contributed by atoms with Crippen molar-refractivity contribution in [2.45, 2.75) is 13.3 Å². The first kappa shape index (κ1) is 20.4. The fraction of sp³-hybridized carbons (Fsp3) is 0.364. The maximum Gasteiger partial charge on any atom is 0.260 e. The molecule has 7 nitrogen and oxygen atoms in total. The molecular formula is C22H25N3O4S. The van der Waals surface area contributed by atoms with Crippen LogP contribution in [0.5, 0.6) is 17.2 Å². The highest BCUT2D eigenvalue weighted by atomic mass is 32.1. The zero-order valence-electron chi connectivity index (χ0n) is 17.4. The Morgan fingerprint density at radius 3 is 2.80 bits per heavy atom. The third-order valence-electron chi connectivity index (χ3n) is 4.75. The number of carbonyl (C=O) groups is 1. The smallest absolute Gasteiger partial charge is 0.260 e. The van der Waals surface area contributed by atoms with E-state index in [4.69, 9.17) is 19.2 Å². The van der Waals surface area contributed by atoms with Crippen LogP contribution in [0.2, 0.25) is 0 Å². The first-order chi connectivity index (χ1) is 14.6. The van der Waals surface area contributed by atoms with Crippen molar-refractivity contribution >= 4 is 32.6 Å². The van der Waals surface area contributed by atoms with Gasteiger partial charge in [-0.05, 0) is 64.3 Å². The summed E-state index contributed by atoms with van der Waals surface area (Å²) in [5, 5.41) is 0.665. The molecule has 0 aliphatic carbocycles. The number of hydrogen-bond donors (Lipinski definition) is 0. The van der Waals surface area contributed by atoms with E-state index in [0.29, 0.717) is 35.3 Å². The van der Waals surface area contributed by atoms with Gasteiger partial charge in [0.15, 0.2) is 16.6 Å². The van der Waals surface area contributed by atoms with Gasteiger partial charge in [-0.25, -0.2) is 4.98 Å². The number of benzene rings is 2. The summed E-state index contributed by atoms with van der Waals surface area (Å²) in [4.78, 5) is 22.1. The molecule has 0 N–H and O–H groups in total. The predicted octanol–water partition coefficient (Wildman–Crippen LogP) is 4.02. The van der Waals surface area contributed by atoms with Gasteiger partial charge in [-0.2, -0.15) is 0 Å². The van der Waals surface area contributed by atoms with Crippen molar-refractivity contribution in [2.24, 2.45) is 0 Å². The third-order valence-corrected chi connectivity index (χ3v) is 5.80. The number of anilines is 1. The lowest BCUT2D eigenvalue weighted by atomic mass is 10.1. The van der Waals surface area contributed by atoms with Crippen molar-refractivity contribution in [3.63, 3.8) is 0 Å². The molecule has 1 amide bonds. The number of rotatable bonds is 8. The normalized spacial score (nSPS) is 12.5. The molecule has 2 aromatic carbocycles. The van der Waals surface area contributed by atoms with Crippen molar-refractivity contribution < 1.29 is 19.0 Å². The molecule has 1 aromatic heterocycles. The van der Waals surface area contributed by atoms with Crippen molar-refractivity contribution in [3.8, 4) is 17.2 Å². The summed E-state index contributed by atoms with van der Waals surface area (Å²) in [6.45, 7) is 4.13. The van der Waals surface area contributed by atoms with Crippen LogP contribution in [0.3, 0.4) is 0 Å². The number of carbonyl (C=O) groups excluding carboxylic acids is 1. The fourth-order valence-electron chi connectivity index (χ4n) is 3.31. The van der Waals surface area contributed by atoms with Gasteiger partial charge in [0.2, 0.25) is 6.79 Å². The molecule has 0 radical (unpaired) electrons. The molecule has 0 atom stereocenters.